The molecule has 0 heterocycles. The number of nitrogens with one attached hydrogen (secondary N) is 1. The Kier molecular flexibility index (Phi) is 8.23. The van der Waals surface area contributed by atoms with Crippen LogP contribution < -0.4 is 19.5 Å². The molecule has 0 saturated heterocycles. The number of ether oxygens (including phenoxy) is 3. The molecule has 0 saturated carbocycles. The normalized spacial score (nSPS) is 13.1. The highest BCUT2D eigenvalue weighted by atomic mass is 35.5. The molecule has 0 fully saturated rings. The monoisotopic (exact) mass is 393 g/mol. The van der Waals surface area contributed by atoms with E-state index in [-0.39, 0.29) is 6.04 Å². The van der Waals surface area contributed by atoms with Gasteiger partial charge in [-0.15, -0.1) is 0 Å². The van der Waals surface area contributed by atoms with Crippen LogP contribution in [0.25, 0.3) is 0 Å². The average molecular weight is 394 g/mol. The van der Waals surface area contributed by atoms with E-state index in [1.807, 2.05) is 50.2 Å². The van der Waals surface area contributed by atoms with Crippen molar-refractivity contribution in [3.63, 3.8) is 0 Å². The van der Waals surface area contributed by atoms with Crippen LogP contribution in [0.1, 0.15) is 37.5 Å². The molecule has 2 aromatic carbocycles. The molecule has 0 radical (unpaired) electrons. The number of benzene rings is 2. The van der Waals surface area contributed by atoms with Gasteiger partial charge in [0.25, 0.3) is 0 Å². The van der Waals surface area contributed by atoms with Crippen molar-refractivity contribution in [3.8, 4) is 17.2 Å². The number of methoxy groups -OCH3 is 2. The summed E-state index contributed by atoms with van der Waals surface area (Å²) < 4.78 is 16.2. The van der Waals surface area contributed by atoms with Crippen LogP contribution in [0.4, 0.5) is 0 Å². The number of rotatable bonds is 10. The van der Waals surface area contributed by atoms with Crippen molar-refractivity contribution < 1.29 is 19.3 Å². The summed E-state index contributed by atoms with van der Waals surface area (Å²) in [5, 5.41) is 14.4. The lowest BCUT2D eigenvalue weighted by Crippen LogP contribution is -2.31. The molecule has 0 aliphatic rings. The van der Waals surface area contributed by atoms with E-state index in [0.717, 1.165) is 23.3 Å². The van der Waals surface area contributed by atoms with Crippen molar-refractivity contribution in [3.05, 3.63) is 52.5 Å². The van der Waals surface area contributed by atoms with Gasteiger partial charge in [0.05, 0.1) is 32.0 Å². The Balaban J connectivity index is 2.02. The fourth-order valence-corrected chi connectivity index (χ4v) is 2.99. The molecule has 2 aromatic rings. The first kappa shape index (κ1) is 21.4. The molecular formula is C21H28ClNO4. The van der Waals surface area contributed by atoms with Crippen LogP contribution in [0.15, 0.2) is 36.4 Å². The lowest BCUT2D eigenvalue weighted by atomic mass is 10.0. The molecule has 5 nitrogen and oxygen atoms in total. The van der Waals surface area contributed by atoms with Gasteiger partial charge in [0.1, 0.15) is 5.75 Å². The van der Waals surface area contributed by atoms with E-state index in [2.05, 4.69) is 5.32 Å². The van der Waals surface area contributed by atoms with Crippen LogP contribution in [-0.4, -0.2) is 32.0 Å². The van der Waals surface area contributed by atoms with E-state index in [9.17, 15) is 5.11 Å². The van der Waals surface area contributed by atoms with Gasteiger partial charge in [0.15, 0.2) is 11.5 Å². The molecule has 0 spiro atoms. The number of aliphatic hydroxyl groups is 1. The number of hydrogen-bond acceptors (Lipinski definition) is 5. The van der Waals surface area contributed by atoms with Crippen LogP contribution in [0.5, 0.6) is 17.2 Å². The van der Waals surface area contributed by atoms with Gasteiger partial charge in [-0.25, -0.2) is 0 Å². The molecule has 6 heteroatoms. The second-order valence-corrected chi connectivity index (χ2v) is 6.75. The van der Waals surface area contributed by atoms with Gasteiger partial charge >= 0.3 is 0 Å². The van der Waals surface area contributed by atoms with Crippen LogP contribution in [-0.2, 0) is 6.54 Å². The van der Waals surface area contributed by atoms with Crippen LogP contribution in [0, 0.1) is 0 Å². The summed E-state index contributed by atoms with van der Waals surface area (Å²) in [6.07, 6.45) is 0.254. The fourth-order valence-electron chi connectivity index (χ4n) is 2.70. The molecule has 2 rings (SSSR count). The maximum Gasteiger partial charge on any atom is 0.179 e. The Labute approximate surface area is 166 Å². The van der Waals surface area contributed by atoms with Gasteiger partial charge in [-0.3, -0.25) is 0 Å². The summed E-state index contributed by atoms with van der Waals surface area (Å²) in [5.41, 5.74) is 1.78. The first-order valence-corrected chi connectivity index (χ1v) is 9.42. The Morgan fingerprint density at radius 3 is 2.41 bits per heavy atom. The largest absolute Gasteiger partial charge is 0.497 e. The quantitative estimate of drug-likeness (QED) is 0.628. The highest BCUT2D eigenvalue weighted by molar-refractivity contribution is 6.32. The zero-order chi connectivity index (χ0) is 19.8. The zero-order valence-electron chi connectivity index (χ0n) is 16.3. The van der Waals surface area contributed by atoms with Crippen LogP contribution in [0.2, 0.25) is 5.02 Å². The van der Waals surface area contributed by atoms with E-state index in [1.54, 1.807) is 14.2 Å². The minimum absolute atomic E-state index is 0.154. The SMILES string of the molecule is CCCOc1c(Cl)cc(CN[C@@H](C)[C@H](O)c2ccc(OC)cc2)cc1OC. The number of hydrogen-bond donors (Lipinski definition) is 2. The molecule has 2 atom stereocenters. The summed E-state index contributed by atoms with van der Waals surface area (Å²) in [6.45, 7) is 5.10. The van der Waals surface area contributed by atoms with Crippen molar-refractivity contribution in [1.29, 1.82) is 0 Å². The third kappa shape index (κ3) is 5.76. The van der Waals surface area contributed by atoms with Crippen molar-refractivity contribution >= 4 is 11.6 Å². The Hall–Kier alpha value is -1.95. The van der Waals surface area contributed by atoms with E-state index in [0.29, 0.717) is 29.7 Å². The minimum atomic E-state index is -0.638. The lowest BCUT2D eigenvalue weighted by molar-refractivity contribution is 0.135. The molecule has 0 aliphatic heterocycles. The second-order valence-electron chi connectivity index (χ2n) is 6.35. The molecule has 0 aromatic heterocycles. The second kappa shape index (κ2) is 10.4. The van der Waals surface area contributed by atoms with E-state index in [4.69, 9.17) is 25.8 Å². The van der Waals surface area contributed by atoms with Gasteiger partial charge in [0.2, 0.25) is 0 Å². The molecular weight excluding hydrogens is 366 g/mol. The third-order valence-corrected chi connectivity index (χ3v) is 4.58. The van der Waals surface area contributed by atoms with Crippen LogP contribution in [0.3, 0.4) is 0 Å². The summed E-state index contributed by atoms with van der Waals surface area (Å²) >= 11 is 6.36. The number of aliphatic hydroxyl groups excluding tert-OH is 1. The predicted molar refractivity (Wildman–Crippen MR) is 108 cm³/mol. The highest BCUT2D eigenvalue weighted by Crippen LogP contribution is 2.36. The summed E-state index contributed by atoms with van der Waals surface area (Å²) in [6, 6.07) is 11.0. The lowest BCUT2D eigenvalue weighted by Gasteiger charge is -2.21. The minimum Gasteiger partial charge on any atom is -0.497 e. The molecule has 148 valence electrons. The third-order valence-electron chi connectivity index (χ3n) is 4.30. The molecule has 0 bridgehead atoms. The maximum atomic E-state index is 10.6. The Bertz CT molecular complexity index is 721. The topological polar surface area (TPSA) is 60.0 Å². The first-order chi connectivity index (χ1) is 13.0. The van der Waals surface area contributed by atoms with Gasteiger partial charge in [-0.05, 0) is 48.7 Å². The van der Waals surface area contributed by atoms with Gasteiger partial charge in [0, 0.05) is 12.6 Å². The average Bonchev–Trinajstić information content (AvgIpc) is 2.70. The molecule has 0 aliphatic carbocycles. The smallest absolute Gasteiger partial charge is 0.179 e. The summed E-state index contributed by atoms with van der Waals surface area (Å²) in [4.78, 5) is 0. The first-order valence-electron chi connectivity index (χ1n) is 9.04. The Morgan fingerprint density at radius 2 is 1.81 bits per heavy atom. The van der Waals surface area contributed by atoms with Gasteiger partial charge < -0.3 is 24.6 Å². The van der Waals surface area contributed by atoms with Gasteiger partial charge in [-0.1, -0.05) is 30.7 Å². The van der Waals surface area contributed by atoms with Crippen molar-refractivity contribution in [2.75, 3.05) is 20.8 Å². The molecule has 0 amide bonds. The fraction of sp³-hybridized carbons (Fsp3) is 0.429. The maximum absolute atomic E-state index is 10.6. The molecule has 27 heavy (non-hydrogen) atoms. The summed E-state index contributed by atoms with van der Waals surface area (Å²) in [5.74, 6) is 1.94. The van der Waals surface area contributed by atoms with Crippen molar-refractivity contribution in [2.45, 2.75) is 39.0 Å². The standard InChI is InChI=1S/C21H28ClNO4/c1-5-10-27-21-18(22)11-15(12-19(21)26-4)13-23-14(2)20(24)16-6-8-17(25-3)9-7-16/h6-9,11-12,14,20,23-24H,5,10,13H2,1-4H3/t14-,20-/m0/s1. The van der Waals surface area contributed by atoms with E-state index < -0.39 is 6.10 Å². The zero-order valence-corrected chi connectivity index (χ0v) is 17.0. The van der Waals surface area contributed by atoms with E-state index in [1.165, 1.54) is 0 Å². The predicted octanol–water partition coefficient (Wildman–Crippen LogP) is 4.36. The van der Waals surface area contributed by atoms with Crippen molar-refractivity contribution in [2.24, 2.45) is 0 Å². The molecule has 0 unspecified atom stereocenters. The molecule has 2 N–H and O–H groups in total. The van der Waals surface area contributed by atoms with Crippen molar-refractivity contribution in [1.82, 2.24) is 5.32 Å². The van der Waals surface area contributed by atoms with E-state index >= 15 is 0 Å². The van der Waals surface area contributed by atoms with Gasteiger partial charge in [-0.2, -0.15) is 0 Å². The summed E-state index contributed by atoms with van der Waals surface area (Å²) in [7, 11) is 3.21. The highest BCUT2D eigenvalue weighted by Gasteiger charge is 2.17. The number of halogens is 1. The van der Waals surface area contributed by atoms with Crippen LogP contribution >= 0.6 is 11.6 Å². The Morgan fingerprint density at radius 1 is 1.11 bits per heavy atom.